The molecule has 0 saturated heterocycles. The van der Waals surface area contributed by atoms with E-state index in [0.29, 0.717) is 39.0 Å². The normalized spacial score (nSPS) is 28.0. The number of hydrogen-bond acceptors (Lipinski definition) is 3. The molecular weight excluding hydrogens is 405 g/mol. The maximum atomic E-state index is 13.0. The summed E-state index contributed by atoms with van der Waals surface area (Å²) in [5.74, 6) is 5.21. The van der Waals surface area contributed by atoms with Crippen LogP contribution in [-0.4, -0.2) is 33.4 Å². The van der Waals surface area contributed by atoms with Crippen molar-refractivity contribution in [3.05, 3.63) is 0 Å². The zero-order valence-corrected chi connectivity index (χ0v) is 20.2. The van der Waals surface area contributed by atoms with Crippen molar-refractivity contribution in [1.29, 1.82) is 0 Å². The van der Waals surface area contributed by atoms with Crippen molar-refractivity contribution in [2.75, 3.05) is 0 Å². The summed E-state index contributed by atoms with van der Waals surface area (Å²) in [4.78, 5) is 12.1. The summed E-state index contributed by atoms with van der Waals surface area (Å²) in [6, 6.07) is 0. The van der Waals surface area contributed by atoms with Crippen molar-refractivity contribution >= 4 is 5.78 Å². The maximum Gasteiger partial charge on any atom is 0.428 e. The molecule has 1 aliphatic carbocycles. The van der Waals surface area contributed by atoms with Crippen LogP contribution in [0.4, 0.5) is 13.2 Å². The van der Waals surface area contributed by atoms with Crippen LogP contribution in [0.5, 0.6) is 0 Å². The van der Waals surface area contributed by atoms with Gasteiger partial charge >= 0.3 is 6.18 Å². The van der Waals surface area contributed by atoms with Crippen LogP contribution in [-0.2, 0) is 4.79 Å². The highest BCUT2D eigenvalue weighted by molar-refractivity contribution is 5.78. The van der Waals surface area contributed by atoms with Gasteiger partial charge in [0.25, 0.3) is 0 Å². The van der Waals surface area contributed by atoms with E-state index >= 15 is 0 Å². The van der Waals surface area contributed by atoms with Crippen LogP contribution in [0.1, 0.15) is 99.8 Å². The van der Waals surface area contributed by atoms with Gasteiger partial charge in [-0.2, -0.15) is 13.2 Å². The van der Waals surface area contributed by atoms with Gasteiger partial charge in [0.05, 0.1) is 5.60 Å². The Morgan fingerprint density at radius 1 is 1.16 bits per heavy atom. The lowest BCUT2D eigenvalue weighted by atomic mass is 9.55. The van der Waals surface area contributed by atoms with Crippen LogP contribution >= 0.6 is 0 Å². The van der Waals surface area contributed by atoms with Gasteiger partial charge in [-0.05, 0) is 69.1 Å². The maximum absolute atomic E-state index is 13.0. The summed E-state index contributed by atoms with van der Waals surface area (Å²) in [5, 5.41) is 19.8. The monoisotopic (exact) mass is 446 g/mol. The topological polar surface area (TPSA) is 57.5 Å². The molecule has 1 saturated carbocycles. The highest BCUT2D eigenvalue weighted by atomic mass is 19.4. The lowest BCUT2D eigenvalue weighted by Gasteiger charge is -2.49. The van der Waals surface area contributed by atoms with Gasteiger partial charge in [0, 0.05) is 19.3 Å². The van der Waals surface area contributed by atoms with Crippen LogP contribution in [0.2, 0.25) is 0 Å². The van der Waals surface area contributed by atoms with Gasteiger partial charge in [0.1, 0.15) is 5.78 Å². The van der Waals surface area contributed by atoms with Crippen LogP contribution < -0.4 is 0 Å². The quantitative estimate of drug-likeness (QED) is 0.369. The predicted molar refractivity (Wildman–Crippen MR) is 117 cm³/mol. The molecule has 0 aromatic heterocycles. The number of halogens is 3. The van der Waals surface area contributed by atoms with Crippen molar-refractivity contribution in [3.63, 3.8) is 0 Å². The van der Waals surface area contributed by atoms with Crippen LogP contribution in [0, 0.1) is 34.5 Å². The molecule has 1 rings (SSSR count). The summed E-state index contributed by atoms with van der Waals surface area (Å²) >= 11 is 0. The van der Waals surface area contributed by atoms with Gasteiger partial charge in [0.15, 0.2) is 0 Å². The molecule has 4 unspecified atom stereocenters. The van der Waals surface area contributed by atoms with E-state index in [4.69, 9.17) is 0 Å². The van der Waals surface area contributed by atoms with Crippen molar-refractivity contribution in [3.8, 4) is 11.8 Å². The van der Waals surface area contributed by atoms with E-state index < -0.39 is 22.8 Å². The van der Waals surface area contributed by atoms with Gasteiger partial charge in [-0.3, -0.25) is 4.79 Å². The second-order valence-electron chi connectivity index (χ2n) is 11.1. The molecular formula is C25H41F3O3. The number of aliphatic hydroxyl groups is 2. The lowest BCUT2D eigenvalue weighted by molar-refractivity contribution is -0.228. The van der Waals surface area contributed by atoms with Gasteiger partial charge < -0.3 is 10.2 Å². The Kier molecular flexibility index (Phi) is 8.87. The highest BCUT2D eigenvalue weighted by Gasteiger charge is 2.49. The minimum Gasteiger partial charge on any atom is -0.390 e. The summed E-state index contributed by atoms with van der Waals surface area (Å²) in [6.45, 7) is 12.6. The largest absolute Gasteiger partial charge is 0.428 e. The fourth-order valence-corrected chi connectivity index (χ4v) is 4.90. The lowest BCUT2D eigenvalue weighted by Crippen LogP contribution is -2.42. The van der Waals surface area contributed by atoms with E-state index in [-0.39, 0.29) is 29.5 Å². The van der Waals surface area contributed by atoms with E-state index in [1.165, 1.54) is 0 Å². The molecule has 0 bridgehead atoms. The smallest absolute Gasteiger partial charge is 0.390 e. The van der Waals surface area contributed by atoms with Gasteiger partial charge in [-0.1, -0.05) is 46.0 Å². The van der Waals surface area contributed by atoms with Crippen molar-refractivity contribution < 1.29 is 28.2 Å². The average Bonchev–Trinajstić information content (AvgIpc) is 2.70. The van der Waals surface area contributed by atoms with E-state index in [1.54, 1.807) is 13.8 Å². The van der Waals surface area contributed by atoms with Gasteiger partial charge in [0.2, 0.25) is 5.60 Å². The molecule has 0 radical (unpaired) electrons. The molecule has 1 aliphatic rings. The molecule has 2 N–H and O–H groups in total. The molecule has 180 valence electrons. The Balaban J connectivity index is 3.21. The second-order valence-corrected chi connectivity index (χ2v) is 11.1. The molecule has 0 heterocycles. The summed E-state index contributed by atoms with van der Waals surface area (Å²) in [6.07, 6.45) is 0.184. The fraction of sp³-hybridized carbons (Fsp3) is 0.880. The second kappa shape index (κ2) is 9.83. The molecule has 0 aromatic carbocycles. The molecule has 5 atom stereocenters. The molecule has 0 spiro atoms. The third kappa shape index (κ3) is 7.49. The van der Waals surface area contributed by atoms with E-state index in [9.17, 15) is 28.2 Å². The zero-order valence-electron chi connectivity index (χ0n) is 20.2. The number of rotatable bonds is 7. The molecule has 6 heteroatoms. The first-order valence-electron chi connectivity index (χ1n) is 11.4. The molecule has 0 amide bonds. The first-order valence-corrected chi connectivity index (χ1v) is 11.4. The fourth-order valence-electron chi connectivity index (χ4n) is 4.90. The van der Waals surface area contributed by atoms with Gasteiger partial charge in [-0.25, -0.2) is 0 Å². The Labute approximate surface area is 186 Å². The number of carbonyl (C=O) groups excluding carboxylic acids is 1. The number of Topliss-reactive ketones (excluding diaryl/α,β-unsaturated/α-hetero) is 1. The molecule has 0 aromatic rings. The van der Waals surface area contributed by atoms with Crippen molar-refractivity contribution in [2.45, 2.75) is 117 Å². The zero-order chi connectivity index (χ0) is 24.3. The van der Waals surface area contributed by atoms with Crippen molar-refractivity contribution in [2.24, 2.45) is 22.7 Å². The first-order chi connectivity index (χ1) is 13.8. The number of carbonyl (C=O) groups is 1. The summed E-state index contributed by atoms with van der Waals surface area (Å²) < 4.78 is 39.1. The van der Waals surface area contributed by atoms with E-state index in [1.807, 2.05) is 12.8 Å². The van der Waals surface area contributed by atoms with Crippen LogP contribution in [0.15, 0.2) is 0 Å². The summed E-state index contributed by atoms with van der Waals surface area (Å²) in [7, 11) is 0. The molecule has 1 fully saturated rings. The van der Waals surface area contributed by atoms with E-state index in [2.05, 4.69) is 26.7 Å². The number of ketones is 1. The number of hydrogen-bond donors (Lipinski definition) is 2. The minimum atomic E-state index is -4.81. The molecule has 0 aliphatic heterocycles. The highest BCUT2D eigenvalue weighted by Crippen LogP contribution is 2.53. The standard InChI is InChI=1S/C25H41F3O3/c1-18-17-20(29)11-8-15-23(18,6)19(2)22(5,13-9-12-21(3,4)30)14-10-16-24(7,31)25(26,27)28/h18-19,30-31H,8-9,11-15,17H2,1-7H3/t18?,19-,22?,23?,24?/m1/s1. The minimum absolute atomic E-state index is 0.0906. The molecule has 31 heavy (non-hydrogen) atoms. The van der Waals surface area contributed by atoms with E-state index in [0.717, 1.165) is 12.8 Å². The van der Waals surface area contributed by atoms with Crippen LogP contribution in [0.25, 0.3) is 0 Å². The Morgan fingerprint density at radius 2 is 1.74 bits per heavy atom. The molecule has 3 nitrogen and oxygen atoms in total. The van der Waals surface area contributed by atoms with Gasteiger partial charge in [-0.15, -0.1) is 0 Å². The summed E-state index contributed by atoms with van der Waals surface area (Å²) in [5.41, 5.74) is -4.43. The Hall–Kier alpha value is -1.06. The van der Waals surface area contributed by atoms with Crippen molar-refractivity contribution in [1.82, 2.24) is 0 Å². The Morgan fingerprint density at radius 3 is 2.26 bits per heavy atom. The number of alkyl halides is 3. The predicted octanol–water partition coefficient (Wildman–Crippen LogP) is 6.06. The third-order valence-electron chi connectivity index (χ3n) is 7.78. The Bertz CT molecular complexity index is 681. The first kappa shape index (κ1) is 28.0. The van der Waals surface area contributed by atoms with Crippen LogP contribution in [0.3, 0.4) is 0 Å². The third-order valence-corrected chi connectivity index (χ3v) is 7.78. The average molecular weight is 447 g/mol. The SMILES string of the molecule is CC1CC(=O)CCCC1(C)[C@H](C)C(C)(CC#CC(C)(O)C(F)(F)F)CCCC(C)(C)O.